The Bertz CT molecular complexity index is 856. The summed E-state index contributed by atoms with van der Waals surface area (Å²) in [5, 5.41) is 22.4. The number of hydrogen-bond acceptors (Lipinski definition) is 8. The number of fused-ring (bicyclic) bond motifs is 1. The van der Waals surface area contributed by atoms with Gasteiger partial charge in [-0.15, -0.1) is 0 Å². The first kappa shape index (κ1) is 18.6. The number of hydrogen-bond donors (Lipinski definition) is 3. The summed E-state index contributed by atoms with van der Waals surface area (Å²) in [6.07, 6.45) is 0. The van der Waals surface area contributed by atoms with E-state index < -0.39 is 30.0 Å². The van der Waals surface area contributed by atoms with Gasteiger partial charge < -0.3 is 19.4 Å². The van der Waals surface area contributed by atoms with Gasteiger partial charge in [-0.05, 0) is 31.5 Å². The summed E-state index contributed by atoms with van der Waals surface area (Å²) >= 11 is 0. The van der Waals surface area contributed by atoms with Gasteiger partial charge in [-0.25, -0.2) is 4.79 Å². The van der Waals surface area contributed by atoms with Crippen molar-refractivity contribution in [1.29, 1.82) is 0 Å². The van der Waals surface area contributed by atoms with Crippen molar-refractivity contribution in [3.63, 3.8) is 0 Å². The summed E-state index contributed by atoms with van der Waals surface area (Å²) < 4.78 is 9.94. The number of phenols is 1. The highest BCUT2D eigenvalue weighted by Crippen LogP contribution is 2.24. The van der Waals surface area contributed by atoms with E-state index >= 15 is 0 Å². The number of carbonyl (C=O) groups excluding carboxylic acids is 2. The van der Waals surface area contributed by atoms with E-state index in [1.165, 1.54) is 25.1 Å². The van der Waals surface area contributed by atoms with E-state index in [1.807, 2.05) is 0 Å². The van der Waals surface area contributed by atoms with Crippen molar-refractivity contribution in [3.05, 3.63) is 39.7 Å². The number of ketones is 1. The minimum atomic E-state index is -0.944. The second kappa shape index (κ2) is 7.91. The molecule has 2 rings (SSSR count). The van der Waals surface area contributed by atoms with Crippen LogP contribution in [0.4, 0.5) is 0 Å². The van der Waals surface area contributed by atoms with Crippen LogP contribution in [0.3, 0.4) is 0 Å². The van der Waals surface area contributed by atoms with Crippen LogP contribution in [0.1, 0.15) is 29.8 Å². The Morgan fingerprint density at radius 2 is 2.04 bits per heavy atom. The lowest BCUT2D eigenvalue weighted by Gasteiger charge is -2.15. The van der Waals surface area contributed by atoms with E-state index in [9.17, 15) is 24.6 Å². The second-order valence-corrected chi connectivity index (χ2v) is 5.39. The molecule has 0 aliphatic heterocycles. The van der Waals surface area contributed by atoms with E-state index in [1.54, 1.807) is 6.92 Å². The fraction of sp³-hybridized carbons (Fsp3) is 0.353. The predicted octanol–water partition coefficient (Wildman–Crippen LogP) is 0.715. The average molecular weight is 349 g/mol. The van der Waals surface area contributed by atoms with Crippen molar-refractivity contribution < 1.29 is 29.0 Å². The highest BCUT2D eigenvalue weighted by molar-refractivity contribution is 5.97. The van der Waals surface area contributed by atoms with Gasteiger partial charge in [0.15, 0.2) is 5.78 Å². The molecule has 8 heteroatoms. The molecule has 1 atom stereocenters. The summed E-state index contributed by atoms with van der Waals surface area (Å²) in [7, 11) is 0. The molecule has 134 valence electrons. The molecule has 0 radical (unpaired) electrons. The first-order chi connectivity index (χ1) is 11.9. The summed E-state index contributed by atoms with van der Waals surface area (Å²) in [5.74, 6) is -1.19. The molecule has 1 unspecified atom stereocenters. The zero-order valence-corrected chi connectivity index (χ0v) is 13.9. The molecule has 0 aliphatic rings. The molecule has 0 fully saturated rings. The predicted molar refractivity (Wildman–Crippen MR) is 88.5 cm³/mol. The number of nitrogens with one attached hydrogen (secondary N) is 1. The molecule has 3 N–H and O–H groups in total. The Hall–Kier alpha value is -2.71. The van der Waals surface area contributed by atoms with Gasteiger partial charge in [-0.2, -0.15) is 0 Å². The number of benzene rings is 1. The van der Waals surface area contributed by atoms with Gasteiger partial charge in [0.25, 0.3) is 0 Å². The molecule has 1 aromatic carbocycles. The molecular weight excluding hydrogens is 330 g/mol. The lowest BCUT2D eigenvalue weighted by atomic mass is 10.1. The first-order valence-corrected chi connectivity index (χ1v) is 7.69. The van der Waals surface area contributed by atoms with Crippen molar-refractivity contribution >= 4 is 22.7 Å². The van der Waals surface area contributed by atoms with Crippen molar-refractivity contribution in [2.75, 3.05) is 13.2 Å². The lowest BCUT2D eigenvalue weighted by molar-refractivity contribution is -0.146. The number of aliphatic hydroxyl groups is 1. The zero-order valence-electron chi connectivity index (χ0n) is 13.9. The molecule has 0 saturated carbocycles. The average Bonchev–Trinajstić information content (AvgIpc) is 2.54. The second-order valence-electron chi connectivity index (χ2n) is 5.39. The molecule has 0 spiro atoms. The van der Waals surface area contributed by atoms with Gasteiger partial charge in [-0.3, -0.25) is 14.9 Å². The van der Waals surface area contributed by atoms with Crippen molar-refractivity contribution in [2.24, 2.45) is 0 Å². The number of ether oxygens (including phenoxy) is 1. The first-order valence-electron chi connectivity index (χ1n) is 7.69. The third-order valence-electron chi connectivity index (χ3n) is 3.60. The van der Waals surface area contributed by atoms with Gasteiger partial charge in [0.2, 0.25) is 0 Å². The molecule has 0 bridgehead atoms. The van der Waals surface area contributed by atoms with Crippen LogP contribution in [-0.2, 0) is 16.1 Å². The quantitative estimate of drug-likeness (QED) is 0.379. The summed E-state index contributed by atoms with van der Waals surface area (Å²) in [6.45, 7) is 2.68. The molecule has 1 heterocycles. The smallest absolute Gasteiger partial charge is 0.347 e. The maximum Gasteiger partial charge on any atom is 0.347 e. The van der Waals surface area contributed by atoms with E-state index in [-0.39, 0.29) is 30.0 Å². The lowest BCUT2D eigenvalue weighted by Crippen LogP contribution is -2.40. The van der Waals surface area contributed by atoms with Crippen LogP contribution in [0.25, 0.3) is 11.0 Å². The summed E-state index contributed by atoms with van der Waals surface area (Å²) in [5.41, 5.74) is -0.291. The highest BCUT2D eigenvalue weighted by Gasteiger charge is 2.19. The van der Waals surface area contributed by atoms with Crippen LogP contribution >= 0.6 is 0 Å². The number of rotatable bonds is 7. The van der Waals surface area contributed by atoms with Crippen LogP contribution in [0.2, 0.25) is 0 Å². The summed E-state index contributed by atoms with van der Waals surface area (Å²) in [6, 6.07) is 3.12. The molecule has 8 nitrogen and oxygen atoms in total. The largest absolute Gasteiger partial charge is 0.508 e. The topological polar surface area (TPSA) is 126 Å². The minimum Gasteiger partial charge on any atom is -0.508 e. The number of aliphatic hydroxyl groups excluding tert-OH is 1. The molecule has 2 aromatic rings. The fourth-order valence-electron chi connectivity index (χ4n) is 2.36. The maximum absolute atomic E-state index is 11.8. The fourth-order valence-corrected chi connectivity index (χ4v) is 2.36. The SMILES string of the molecule is CCOC(=O)C(CO)NCc1cc(O)cc2oc(=O)c(C(C)=O)cc12. The standard InChI is InChI=1S/C17H19NO7/c1-3-24-17(23)14(8-19)18-7-10-4-11(21)5-15-13(10)6-12(9(2)20)16(22)25-15/h4-6,14,18-19,21H,3,7-8H2,1-2H3. The Labute approximate surface area is 143 Å². The van der Waals surface area contributed by atoms with Crippen molar-refractivity contribution in [1.82, 2.24) is 5.32 Å². The minimum absolute atomic E-state index is 0.0695. The third kappa shape index (κ3) is 4.23. The Balaban J connectivity index is 2.39. The number of phenolic OH excluding ortho intramolecular Hbond substituents is 1. The molecule has 0 aliphatic carbocycles. The Morgan fingerprint density at radius 3 is 2.64 bits per heavy atom. The number of aromatic hydroxyl groups is 1. The Kier molecular flexibility index (Phi) is 5.89. The van der Waals surface area contributed by atoms with E-state index in [0.29, 0.717) is 10.9 Å². The molecule has 1 aromatic heterocycles. The van der Waals surface area contributed by atoms with Crippen molar-refractivity contribution in [2.45, 2.75) is 26.4 Å². The monoisotopic (exact) mass is 349 g/mol. The number of esters is 1. The van der Waals surface area contributed by atoms with E-state index in [2.05, 4.69) is 5.32 Å². The highest BCUT2D eigenvalue weighted by atomic mass is 16.5. The van der Waals surface area contributed by atoms with Crippen LogP contribution in [0, 0.1) is 0 Å². The van der Waals surface area contributed by atoms with Gasteiger partial charge in [0.1, 0.15) is 22.9 Å². The van der Waals surface area contributed by atoms with Crippen LogP contribution in [0.15, 0.2) is 27.4 Å². The number of carbonyl (C=O) groups is 2. The Morgan fingerprint density at radius 1 is 1.32 bits per heavy atom. The summed E-state index contributed by atoms with van der Waals surface area (Å²) in [4.78, 5) is 35.0. The normalized spacial score (nSPS) is 12.1. The van der Waals surface area contributed by atoms with Gasteiger partial charge in [-0.1, -0.05) is 0 Å². The van der Waals surface area contributed by atoms with Crippen molar-refractivity contribution in [3.8, 4) is 5.75 Å². The maximum atomic E-state index is 11.8. The van der Waals surface area contributed by atoms with Crippen LogP contribution in [0.5, 0.6) is 5.75 Å². The van der Waals surface area contributed by atoms with Gasteiger partial charge in [0.05, 0.1) is 13.2 Å². The third-order valence-corrected chi connectivity index (χ3v) is 3.60. The molecule has 0 saturated heterocycles. The van der Waals surface area contributed by atoms with E-state index in [4.69, 9.17) is 9.15 Å². The zero-order chi connectivity index (χ0) is 18.6. The molecule has 0 amide bonds. The van der Waals surface area contributed by atoms with Gasteiger partial charge >= 0.3 is 11.6 Å². The van der Waals surface area contributed by atoms with Gasteiger partial charge in [0, 0.05) is 18.0 Å². The molecular formula is C17H19NO7. The molecule has 25 heavy (non-hydrogen) atoms. The van der Waals surface area contributed by atoms with Crippen LogP contribution in [-0.4, -0.2) is 41.2 Å². The van der Waals surface area contributed by atoms with Crippen LogP contribution < -0.4 is 10.9 Å². The van der Waals surface area contributed by atoms with E-state index in [0.717, 1.165) is 0 Å². The number of Topliss-reactive ketones (excluding diaryl/α,β-unsaturated/α-hetero) is 1.